The van der Waals surface area contributed by atoms with E-state index >= 15 is 0 Å². The Balaban J connectivity index is 1.93. The van der Waals surface area contributed by atoms with Crippen molar-refractivity contribution in [2.45, 2.75) is 24.5 Å². The van der Waals surface area contributed by atoms with Crippen LogP contribution in [-0.2, 0) is 0 Å². The molecule has 1 aromatic heterocycles. The highest BCUT2D eigenvalue weighted by atomic mass is 32.2. The number of thioether (sulfide) groups is 1. The van der Waals surface area contributed by atoms with E-state index in [4.69, 9.17) is 4.74 Å². The number of hydrogen-bond acceptors (Lipinski definition) is 4. The summed E-state index contributed by atoms with van der Waals surface area (Å²) in [4.78, 5) is 4.34. The third-order valence-corrected chi connectivity index (χ3v) is 4.41. The molecule has 0 amide bonds. The normalized spacial score (nSPS) is 24.4. The van der Waals surface area contributed by atoms with Crippen molar-refractivity contribution in [3.63, 3.8) is 0 Å². The first-order chi connectivity index (χ1) is 7.72. The highest BCUT2D eigenvalue weighted by Crippen LogP contribution is 2.37. The van der Waals surface area contributed by atoms with Crippen LogP contribution >= 0.6 is 11.8 Å². The number of hydrogen-bond donors (Lipinski definition) is 1. The summed E-state index contributed by atoms with van der Waals surface area (Å²) in [6.45, 7) is 3.29. The van der Waals surface area contributed by atoms with E-state index < -0.39 is 0 Å². The van der Waals surface area contributed by atoms with Gasteiger partial charge in [0.15, 0.2) is 0 Å². The fourth-order valence-corrected chi connectivity index (χ4v) is 3.13. The molecular weight excluding hydrogens is 220 g/mol. The molecule has 2 rings (SSSR count). The van der Waals surface area contributed by atoms with Gasteiger partial charge >= 0.3 is 0 Å². The van der Waals surface area contributed by atoms with Crippen LogP contribution < -0.4 is 10.1 Å². The SMILES string of the molecule is COc1cccc(NCC2(C)CCCS2)n1. The molecule has 1 aliphatic rings. The number of anilines is 1. The molecule has 1 unspecified atom stereocenters. The number of methoxy groups -OCH3 is 1. The van der Waals surface area contributed by atoms with Crippen LogP contribution in [0.3, 0.4) is 0 Å². The summed E-state index contributed by atoms with van der Waals surface area (Å²) >= 11 is 2.05. The minimum Gasteiger partial charge on any atom is -0.481 e. The van der Waals surface area contributed by atoms with Crippen LogP contribution in [-0.4, -0.2) is 29.1 Å². The highest BCUT2D eigenvalue weighted by molar-refractivity contribution is 8.00. The zero-order chi connectivity index (χ0) is 11.4. The van der Waals surface area contributed by atoms with E-state index in [1.165, 1.54) is 18.6 Å². The van der Waals surface area contributed by atoms with Gasteiger partial charge in [0.1, 0.15) is 5.82 Å². The summed E-state index contributed by atoms with van der Waals surface area (Å²) in [5.41, 5.74) is 0. The van der Waals surface area contributed by atoms with E-state index in [1.807, 2.05) is 18.2 Å². The average Bonchev–Trinajstić information content (AvgIpc) is 2.75. The summed E-state index contributed by atoms with van der Waals surface area (Å²) in [7, 11) is 1.64. The van der Waals surface area contributed by atoms with Gasteiger partial charge in [0.2, 0.25) is 5.88 Å². The lowest BCUT2D eigenvalue weighted by atomic mass is 10.1. The molecule has 1 aliphatic heterocycles. The van der Waals surface area contributed by atoms with E-state index in [0.29, 0.717) is 10.6 Å². The van der Waals surface area contributed by atoms with Gasteiger partial charge in [0.05, 0.1) is 7.11 Å². The smallest absolute Gasteiger partial charge is 0.214 e. The zero-order valence-corrected chi connectivity index (χ0v) is 10.6. The second-order valence-electron chi connectivity index (χ2n) is 4.32. The number of ether oxygens (including phenoxy) is 1. The van der Waals surface area contributed by atoms with Crippen LogP contribution in [0.5, 0.6) is 5.88 Å². The first-order valence-corrected chi connectivity index (χ1v) is 6.59. The molecule has 0 aromatic carbocycles. The number of pyridine rings is 1. The van der Waals surface area contributed by atoms with Gasteiger partial charge < -0.3 is 10.1 Å². The molecule has 3 nitrogen and oxygen atoms in total. The predicted octanol–water partition coefficient (Wildman–Crippen LogP) is 2.79. The second kappa shape index (κ2) is 4.95. The molecule has 0 spiro atoms. The summed E-state index contributed by atoms with van der Waals surface area (Å²) < 4.78 is 5.46. The van der Waals surface area contributed by atoms with Gasteiger partial charge in [-0.15, -0.1) is 0 Å². The maximum atomic E-state index is 5.10. The standard InChI is InChI=1S/C12H18N2OS/c1-12(7-4-8-16-12)9-13-10-5-3-6-11(14-10)15-2/h3,5-6H,4,7-9H2,1-2H3,(H,13,14). The van der Waals surface area contributed by atoms with Crippen molar-refractivity contribution in [2.75, 3.05) is 24.7 Å². The molecule has 0 bridgehead atoms. The van der Waals surface area contributed by atoms with E-state index in [0.717, 1.165) is 12.4 Å². The van der Waals surface area contributed by atoms with Crippen molar-refractivity contribution in [1.82, 2.24) is 4.98 Å². The summed E-state index contributed by atoms with van der Waals surface area (Å²) in [5, 5.41) is 3.39. The topological polar surface area (TPSA) is 34.1 Å². The maximum Gasteiger partial charge on any atom is 0.214 e. The average molecular weight is 238 g/mol. The summed E-state index contributed by atoms with van der Waals surface area (Å²) in [6, 6.07) is 5.79. The Kier molecular flexibility index (Phi) is 3.59. The van der Waals surface area contributed by atoms with Gasteiger partial charge in [-0.2, -0.15) is 16.7 Å². The van der Waals surface area contributed by atoms with Gasteiger partial charge in [0, 0.05) is 17.4 Å². The van der Waals surface area contributed by atoms with Crippen molar-refractivity contribution in [1.29, 1.82) is 0 Å². The molecule has 1 N–H and O–H groups in total. The Bertz CT molecular complexity index is 351. The Labute approximate surface area is 101 Å². The first-order valence-electron chi connectivity index (χ1n) is 5.61. The molecule has 0 radical (unpaired) electrons. The Morgan fingerprint density at radius 1 is 1.56 bits per heavy atom. The molecule has 1 aromatic rings. The van der Waals surface area contributed by atoms with Crippen LogP contribution in [0.2, 0.25) is 0 Å². The molecule has 16 heavy (non-hydrogen) atoms. The number of nitrogens with zero attached hydrogens (tertiary/aromatic N) is 1. The number of nitrogens with one attached hydrogen (secondary N) is 1. The molecule has 4 heteroatoms. The van der Waals surface area contributed by atoms with Crippen molar-refractivity contribution in [3.05, 3.63) is 18.2 Å². The Morgan fingerprint density at radius 3 is 3.12 bits per heavy atom. The van der Waals surface area contributed by atoms with Crippen molar-refractivity contribution >= 4 is 17.6 Å². The van der Waals surface area contributed by atoms with Crippen molar-refractivity contribution in [3.8, 4) is 5.88 Å². The number of aromatic nitrogens is 1. The monoisotopic (exact) mass is 238 g/mol. The Hall–Kier alpha value is -0.900. The largest absolute Gasteiger partial charge is 0.481 e. The summed E-state index contributed by atoms with van der Waals surface area (Å²) in [5.74, 6) is 2.84. The molecule has 88 valence electrons. The lowest BCUT2D eigenvalue weighted by molar-refractivity contribution is 0.398. The lowest BCUT2D eigenvalue weighted by Crippen LogP contribution is -2.27. The van der Waals surface area contributed by atoms with Crippen molar-refractivity contribution in [2.24, 2.45) is 0 Å². The maximum absolute atomic E-state index is 5.10. The van der Waals surface area contributed by atoms with Crippen LogP contribution in [0.1, 0.15) is 19.8 Å². The first kappa shape index (κ1) is 11.6. The third kappa shape index (κ3) is 2.82. The molecular formula is C12H18N2OS. The molecule has 2 heterocycles. The molecule has 0 saturated carbocycles. The van der Waals surface area contributed by atoms with Gasteiger partial charge in [-0.25, -0.2) is 0 Å². The fourth-order valence-electron chi connectivity index (χ4n) is 1.88. The van der Waals surface area contributed by atoms with E-state index in [9.17, 15) is 0 Å². The van der Waals surface area contributed by atoms with E-state index in [1.54, 1.807) is 7.11 Å². The van der Waals surface area contributed by atoms with Crippen molar-refractivity contribution < 1.29 is 4.74 Å². The fraction of sp³-hybridized carbons (Fsp3) is 0.583. The van der Waals surface area contributed by atoms with Gasteiger partial charge in [-0.3, -0.25) is 0 Å². The minimum atomic E-state index is 0.366. The molecule has 0 aliphatic carbocycles. The zero-order valence-electron chi connectivity index (χ0n) is 9.82. The predicted molar refractivity (Wildman–Crippen MR) is 69.4 cm³/mol. The van der Waals surface area contributed by atoms with E-state index in [-0.39, 0.29) is 0 Å². The quantitative estimate of drug-likeness (QED) is 0.874. The van der Waals surface area contributed by atoms with Crippen LogP contribution in [0, 0.1) is 0 Å². The van der Waals surface area contributed by atoms with Gasteiger partial charge in [0.25, 0.3) is 0 Å². The lowest BCUT2D eigenvalue weighted by Gasteiger charge is -2.23. The highest BCUT2D eigenvalue weighted by Gasteiger charge is 2.29. The third-order valence-electron chi connectivity index (χ3n) is 2.88. The minimum absolute atomic E-state index is 0.366. The van der Waals surface area contributed by atoms with E-state index in [2.05, 4.69) is 29.0 Å². The Morgan fingerprint density at radius 2 is 2.44 bits per heavy atom. The van der Waals surface area contributed by atoms with Crippen LogP contribution in [0.25, 0.3) is 0 Å². The molecule has 1 saturated heterocycles. The van der Waals surface area contributed by atoms with Crippen LogP contribution in [0.15, 0.2) is 18.2 Å². The summed E-state index contributed by atoms with van der Waals surface area (Å²) in [6.07, 6.45) is 2.61. The van der Waals surface area contributed by atoms with Gasteiger partial charge in [-0.05, 0) is 31.6 Å². The van der Waals surface area contributed by atoms with Gasteiger partial charge in [-0.1, -0.05) is 6.07 Å². The number of rotatable bonds is 4. The second-order valence-corrected chi connectivity index (χ2v) is 6.00. The molecule has 1 atom stereocenters. The van der Waals surface area contributed by atoms with Crippen LogP contribution in [0.4, 0.5) is 5.82 Å². The molecule has 1 fully saturated rings.